The van der Waals surface area contributed by atoms with Gasteiger partial charge in [-0.3, -0.25) is 0 Å². The summed E-state index contributed by atoms with van der Waals surface area (Å²) in [7, 11) is 0. The van der Waals surface area contributed by atoms with Gasteiger partial charge in [-0.05, 0) is 73.8 Å². The molecule has 0 radical (unpaired) electrons. The molecule has 2 heterocycles. The zero-order valence-electron chi connectivity index (χ0n) is 21.2. The number of aryl methyl sites for hydroxylation is 2. The summed E-state index contributed by atoms with van der Waals surface area (Å²) in [5.41, 5.74) is 7.79. The fourth-order valence-corrected chi connectivity index (χ4v) is 7.19. The van der Waals surface area contributed by atoms with Crippen LogP contribution in [0.1, 0.15) is 65.8 Å². The molecule has 1 N–H and O–H groups in total. The van der Waals surface area contributed by atoms with Gasteiger partial charge in [0.2, 0.25) is 0 Å². The minimum atomic E-state index is -0.782. The third kappa shape index (κ3) is 4.22. The number of nitrogens with zero attached hydrogens (tertiary/aromatic N) is 1. The van der Waals surface area contributed by atoms with Crippen LogP contribution in [0.25, 0.3) is 11.1 Å². The Hall–Kier alpha value is -3.11. The number of hydrogen-bond acceptors (Lipinski definition) is 3. The normalized spacial score (nSPS) is 24.8. The van der Waals surface area contributed by atoms with E-state index in [-0.39, 0.29) is 24.1 Å². The van der Waals surface area contributed by atoms with Crippen LogP contribution in [0.3, 0.4) is 0 Å². The summed E-state index contributed by atoms with van der Waals surface area (Å²) in [6, 6.07) is 23.5. The van der Waals surface area contributed by atoms with Crippen LogP contribution >= 0.6 is 0 Å². The van der Waals surface area contributed by atoms with Crippen molar-refractivity contribution in [2.75, 3.05) is 6.61 Å². The van der Waals surface area contributed by atoms with E-state index in [0.717, 1.165) is 19.3 Å². The summed E-state index contributed by atoms with van der Waals surface area (Å²) >= 11 is 0. The molecule has 3 aliphatic rings. The third-order valence-electron chi connectivity index (χ3n) is 8.45. The molecule has 2 saturated heterocycles. The fourth-order valence-electron chi connectivity index (χ4n) is 7.19. The second kappa shape index (κ2) is 9.08. The molecule has 36 heavy (non-hydrogen) atoms. The highest BCUT2D eigenvalue weighted by atomic mass is 16.6. The maximum Gasteiger partial charge on any atom is 0.410 e. The summed E-state index contributed by atoms with van der Waals surface area (Å²) in [5, 5.41) is 11.7. The zero-order valence-corrected chi connectivity index (χ0v) is 21.2. The van der Waals surface area contributed by atoms with Crippen LogP contribution in [0.15, 0.2) is 66.7 Å². The van der Waals surface area contributed by atoms with Gasteiger partial charge in [0.1, 0.15) is 6.61 Å². The van der Waals surface area contributed by atoms with Crippen LogP contribution < -0.4 is 0 Å². The van der Waals surface area contributed by atoms with Gasteiger partial charge in [-0.1, -0.05) is 77.9 Å². The average Bonchev–Trinajstić information content (AvgIpc) is 3.15. The van der Waals surface area contributed by atoms with Gasteiger partial charge in [-0.15, -0.1) is 0 Å². The predicted molar refractivity (Wildman–Crippen MR) is 142 cm³/mol. The minimum Gasteiger partial charge on any atom is -0.448 e. The lowest BCUT2D eigenvalue weighted by atomic mass is 9.73. The number of carbonyl (C=O) groups excluding carboxylic acids is 1. The topological polar surface area (TPSA) is 49.8 Å². The number of aliphatic hydroxyl groups is 1. The van der Waals surface area contributed by atoms with Crippen molar-refractivity contribution in [1.29, 1.82) is 0 Å². The Kier molecular flexibility index (Phi) is 5.88. The quantitative estimate of drug-likeness (QED) is 0.460. The molecule has 2 atom stereocenters. The second-order valence-electron chi connectivity index (χ2n) is 11.3. The molecular formula is C32H35NO3. The fraction of sp³-hybridized carbons (Fsp3) is 0.406. The van der Waals surface area contributed by atoms with Gasteiger partial charge >= 0.3 is 6.09 Å². The van der Waals surface area contributed by atoms with Gasteiger partial charge in [0.25, 0.3) is 0 Å². The van der Waals surface area contributed by atoms with Crippen molar-refractivity contribution < 1.29 is 14.6 Å². The van der Waals surface area contributed by atoms with Crippen LogP contribution in [0, 0.1) is 13.8 Å². The Morgan fingerprint density at radius 3 is 2.06 bits per heavy atom. The van der Waals surface area contributed by atoms with Crippen LogP contribution in [0.4, 0.5) is 4.79 Å². The Balaban J connectivity index is 1.17. The first-order valence-electron chi connectivity index (χ1n) is 13.3. The molecule has 4 nitrogen and oxygen atoms in total. The molecule has 2 bridgehead atoms. The van der Waals surface area contributed by atoms with Crippen LogP contribution in [0.2, 0.25) is 0 Å². The highest BCUT2D eigenvalue weighted by Crippen LogP contribution is 2.45. The number of benzene rings is 3. The van der Waals surface area contributed by atoms with Crippen LogP contribution in [0.5, 0.6) is 0 Å². The van der Waals surface area contributed by atoms with Gasteiger partial charge in [0.15, 0.2) is 0 Å². The van der Waals surface area contributed by atoms with E-state index in [1.807, 2.05) is 4.90 Å². The first kappa shape index (κ1) is 23.3. The number of amides is 1. The standard InChI is InChI=1S/C32H35NO3/c1-21-14-22(2)16-23(15-21)17-32(35)18-24-8-7-9-25(19-32)33(24)31(34)36-20-30-28-12-5-3-10-26(28)27-11-4-6-13-29(27)30/h3-6,10-16,24-25,30,35H,7-9,17-20H2,1-2H3. The highest BCUT2D eigenvalue weighted by Gasteiger charge is 2.48. The number of fused-ring (bicyclic) bond motifs is 5. The van der Waals surface area contributed by atoms with E-state index in [4.69, 9.17) is 4.74 Å². The molecule has 3 aromatic carbocycles. The number of carbonyl (C=O) groups is 1. The molecule has 2 fully saturated rings. The summed E-state index contributed by atoms with van der Waals surface area (Å²) in [6.07, 6.45) is 4.59. The second-order valence-corrected chi connectivity index (χ2v) is 11.3. The summed E-state index contributed by atoms with van der Waals surface area (Å²) < 4.78 is 6.04. The lowest BCUT2D eigenvalue weighted by molar-refractivity contribution is -0.0840. The number of piperidine rings is 2. The maximum atomic E-state index is 13.5. The zero-order chi connectivity index (χ0) is 24.9. The number of ether oxygens (including phenoxy) is 1. The Labute approximate surface area is 213 Å². The van der Waals surface area contributed by atoms with E-state index in [1.165, 1.54) is 38.9 Å². The minimum absolute atomic E-state index is 0.0315. The van der Waals surface area contributed by atoms with Crippen molar-refractivity contribution in [2.45, 2.75) is 76.0 Å². The maximum absolute atomic E-state index is 13.5. The van der Waals surface area contributed by atoms with E-state index in [0.29, 0.717) is 25.9 Å². The Bertz CT molecular complexity index is 1220. The summed E-state index contributed by atoms with van der Waals surface area (Å²) in [6.45, 7) is 4.56. The molecule has 1 aliphatic carbocycles. The molecule has 2 aliphatic heterocycles. The Morgan fingerprint density at radius 1 is 0.917 bits per heavy atom. The molecule has 4 heteroatoms. The van der Waals surface area contributed by atoms with Gasteiger partial charge in [-0.2, -0.15) is 0 Å². The first-order valence-corrected chi connectivity index (χ1v) is 13.3. The van der Waals surface area contributed by atoms with Crippen molar-refractivity contribution in [2.24, 2.45) is 0 Å². The van der Waals surface area contributed by atoms with Crippen molar-refractivity contribution in [3.8, 4) is 11.1 Å². The van der Waals surface area contributed by atoms with Crippen molar-refractivity contribution in [3.05, 3.63) is 94.5 Å². The van der Waals surface area contributed by atoms with E-state index in [1.54, 1.807) is 0 Å². The molecule has 0 spiro atoms. The SMILES string of the molecule is Cc1cc(C)cc(CC2(O)CC3CCCC(C2)N3C(=O)OCC2c3ccccc3-c3ccccc32)c1. The smallest absolute Gasteiger partial charge is 0.410 e. The number of rotatable bonds is 4. The van der Waals surface area contributed by atoms with Gasteiger partial charge < -0.3 is 14.7 Å². The van der Waals surface area contributed by atoms with Gasteiger partial charge in [0, 0.05) is 24.4 Å². The largest absolute Gasteiger partial charge is 0.448 e. The van der Waals surface area contributed by atoms with E-state index >= 15 is 0 Å². The molecule has 1 amide bonds. The van der Waals surface area contributed by atoms with Crippen molar-refractivity contribution in [1.82, 2.24) is 4.90 Å². The van der Waals surface area contributed by atoms with Crippen molar-refractivity contribution >= 4 is 6.09 Å². The third-order valence-corrected chi connectivity index (χ3v) is 8.45. The molecule has 6 rings (SSSR count). The highest BCUT2D eigenvalue weighted by molar-refractivity contribution is 5.79. The molecule has 0 saturated carbocycles. The first-order chi connectivity index (χ1) is 17.4. The van der Waals surface area contributed by atoms with E-state index < -0.39 is 5.60 Å². The van der Waals surface area contributed by atoms with E-state index in [9.17, 15) is 9.90 Å². The average molecular weight is 482 g/mol. The molecule has 0 aromatic heterocycles. The Morgan fingerprint density at radius 2 is 1.47 bits per heavy atom. The number of hydrogen-bond donors (Lipinski definition) is 1. The lowest BCUT2D eigenvalue weighted by Crippen LogP contribution is -2.60. The molecule has 186 valence electrons. The van der Waals surface area contributed by atoms with Gasteiger partial charge in [-0.25, -0.2) is 4.79 Å². The van der Waals surface area contributed by atoms with Crippen LogP contribution in [-0.2, 0) is 11.2 Å². The monoisotopic (exact) mass is 481 g/mol. The van der Waals surface area contributed by atoms with Crippen molar-refractivity contribution in [3.63, 3.8) is 0 Å². The summed E-state index contributed by atoms with van der Waals surface area (Å²) in [5.74, 6) is 0.0625. The van der Waals surface area contributed by atoms with Gasteiger partial charge in [0.05, 0.1) is 5.60 Å². The molecule has 3 aromatic rings. The van der Waals surface area contributed by atoms with Crippen LogP contribution in [-0.4, -0.2) is 40.4 Å². The molecule has 2 unspecified atom stereocenters. The molecular weight excluding hydrogens is 446 g/mol. The summed E-state index contributed by atoms with van der Waals surface area (Å²) in [4.78, 5) is 15.4. The predicted octanol–water partition coefficient (Wildman–Crippen LogP) is 6.54. The van der Waals surface area contributed by atoms with E-state index in [2.05, 4.69) is 80.6 Å². The lowest BCUT2D eigenvalue weighted by Gasteiger charge is -2.51.